The third-order valence-electron chi connectivity index (χ3n) is 12.3. The van der Waals surface area contributed by atoms with Gasteiger partial charge in [0.05, 0.1) is 0 Å². The molecule has 1 unspecified atom stereocenters. The maximum Gasteiger partial charge on any atom is 0.101 e. The Labute approximate surface area is 330 Å². The highest BCUT2D eigenvalue weighted by Crippen LogP contribution is 2.24. The molecule has 0 amide bonds. The molecule has 1 aliphatic heterocycles. The molecule has 0 aromatic carbocycles. The lowest BCUT2D eigenvalue weighted by Crippen LogP contribution is -2.39. The van der Waals surface area contributed by atoms with E-state index in [-0.39, 0.29) is 0 Å². The first kappa shape index (κ1) is 49.4. The average Bonchev–Trinajstić information content (AvgIpc) is 3.54. The first-order valence-electron chi connectivity index (χ1n) is 25.0. The van der Waals surface area contributed by atoms with Crippen LogP contribution in [0.4, 0.5) is 0 Å². The average molecular weight is 729 g/mol. The Morgan fingerprint density at radius 2 is 0.442 bits per heavy atom. The first-order chi connectivity index (χ1) is 25.8. The van der Waals surface area contributed by atoms with Gasteiger partial charge < -0.3 is 9.80 Å². The van der Waals surface area contributed by atoms with Crippen LogP contribution in [-0.2, 0) is 0 Å². The lowest BCUT2D eigenvalue weighted by molar-refractivity contribution is 0.135. The van der Waals surface area contributed by atoms with E-state index < -0.39 is 0 Å². The van der Waals surface area contributed by atoms with E-state index in [0.29, 0.717) is 6.17 Å². The zero-order valence-corrected chi connectivity index (χ0v) is 36.7. The molecule has 1 rings (SSSR count). The van der Waals surface area contributed by atoms with Crippen molar-refractivity contribution in [2.24, 2.45) is 0 Å². The van der Waals surface area contributed by atoms with Crippen LogP contribution in [0.5, 0.6) is 0 Å². The highest BCUT2D eigenvalue weighted by atomic mass is 15.4. The molecule has 52 heavy (non-hydrogen) atoms. The molecule has 2 nitrogen and oxygen atoms in total. The summed E-state index contributed by atoms with van der Waals surface area (Å²) >= 11 is 0. The normalized spacial score (nSPS) is 14.4. The van der Waals surface area contributed by atoms with Crippen LogP contribution in [0.3, 0.4) is 0 Å². The number of nitrogens with zero attached hydrogens (tertiary/aromatic N) is 2. The molecule has 2 heteroatoms. The number of hydrogen-bond donors (Lipinski definition) is 0. The number of rotatable bonds is 44. The summed E-state index contributed by atoms with van der Waals surface area (Å²) in [6.07, 6.45) is 66.4. The van der Waals surface area contributed by atoms with Crippen LogP contribution in [0.2, 0.25) is 0 Å². The second-order valence-electron chi connectivity index (χ2n) is 17.5. The summed E-state index contributed by atoms with van der Waals surface area (Å²) in [6.45, 7) is 9.50. The molecule has 1 atom stereocenters. The predicted octanol–water partition coefficient (Wildman–Crippen LogP) is 17.8. The molecule has 0 fully saturated rings. The minimum atomic E-state index is 0.636. The van der Waals surface area contributed by atoms with Gasteiger partial charge in [-0.15, -0.1) is 0 Å². The lowest BCUT2D eigenvalue weighted by Gasteiger charge is -2.33. The van der Waals surface area contributed by atoms with E-state index in [4.69, 9.17) is 0 Å². The quantitative estimate of drug-likeness (QED) is 0.0576. The SMILES string of the molecule is CCCCCCCCCCCCCCCCCCN1C=CN(CCCCCCCCCCCCCCCCC)C1CCCCCCCCCCCC. The van der Waals surface area contributed by atoms with Gasteiger partial charge in [0.25, 0.3) is 0 Å². The number of unbranched alkanes of at least 4 members (excludes halogenated alkanes) is 38. The second kappa shape index (κ2) is 41.5. The fraction of sp³-hybridized carbons (Fsp3) is 0.960. The van der Waals surface area contributed by atoms with E-state index >= 15 is 0 Å². The van der Waals surface area contributed by atoms with Gasteiger partial charge in [-0.1, -0.05) is 265 Å². The molecule has 0 radical (unpaired) electrons. The van der Waals surface area contributed by atoms with Crippen molar-refractivity contribution in [2.45, 2.75) is 297 Å². The van der Waals surface area contributed by atoms with Crippen LogP contribution >= 0.6 is 0 Å². The maximum absolute atomic E-state index is 2.74. The van der Waals surface area contributed by atoms with Gasteiger partial charge in [0.1, 0.15) is 6.17 Å². The zero-order valence-electron chi connectivity index (χ0n) is 36.7. The van der Waals surface area contributed by atoms with Gasteiger partial charge in [-0.25, -0.2) is 0 Å². The molecular formula is C50H100N2. The monoisotopic (exact) mass is 729 g/mol. The highest BCUT2D eigenvalue weighted by molar-refractivity contribution is 4.97. The van der Waals surface area contributed by atoms with Crippen LogP contribution in [0, 0.1) is 0 Å². The Morgan fingerprint density at radius 1 is 0.250 bits per heavy atom. The van der Waals surface area contributed by atoms with Crippen LogP contribution in [0.25, 0.3) is 0 Å². The fourth-order valence-corrected chi connectivity index (χ4v) is 8.66. The Bertz CT molecular complexity index is 688. The molecule has 0 saturated carbocycles. The standard InChI is InChI=1S/C50H100N2/c1-4-7-10-13-16-19-22-24-26-28-30-32-35-38-41-44-47-52-49-48-51(50(52)45-42-39-36-33-21-18-15-12-9-6-3)46-43-40-37-34-31-29-27-25-23-20-17-14-11-8-5-2/h48-50H,4-47H2,1-3H3. The lowest BCUT2D eigenvalue weighted by atomic mass is 10.0. The van der Waals surface area contributed by atoms with E-state index in [9.17, 15) is 0 Å². The second-order valence-corrected chi connectivity index (χ2v) is 17.5. The molecule has 310 valence electrons. The van der Waals surface area contributed by atoms with Crippen molar-refractivity contribution in [1.82, 2.24) is 9.80 Å². The zero-order chi connectivity index (χ0) is 37.3. The third-order valence-corrected chi connectivity index (χ3v) is 12.3. The Morgan fingerprint density at radius 3 is 0.673 bits per heavy atom. The van der Waals surface area contributed by atoms with Crippen molar-refractivity contribution >= 4 is 0 Å². The maximum atomic E-state index is 2.74. The van der Waals surface area contributed by atoms with Gasteiger partial charge in [-0.2, -0.15) is 0 Å². The first-order valence-corrected chi connectivity index (χ1v) is 25.0. The summed E-state index contributed by atoms with van der Waals surface area (Å²) in [5.74, 6) is 0. The van der Waals surface area contributed by atoms with E-state index in [1.54, 1.807) is 0 Å². The molecular weight excluding hydrogens is 629 g/mol. The van der Waals surface area contributed by atoms with E-state index in [1.165, 1.54) is 283 Å². The van der Waals surface area contributed by atoms with E-state index in [2.05, 4.69) is 43.0 Å². The molecule has 0 aliphatic carbocycles. The molecule has 0 spiro atoms. The number of hydrogen-bond acceptors (Lipinski definition) is 2. The van der Waals surface area contributed by atoms with E-state index in [1.807, 2.05) is 0 Å². The molecule has 1 aliphatic rings. The molecule has 0 bridgehead atoms. The fourth-order valence-electron chi connectivity index (χ4n) is 8.66. The molecule has 0 saturated heterocycles. The van der Waals surface area contributed by atoms with Crippen LogP contribution in [-0.4, -0.2) is 29.1 Å². The summed E-state index contributed by atoms with van der Waals surface area (Å²) in [5, 5.41) is 0. The summed E-state index contributed by atoms with van der Waals surface area (Å²) < 4.78 is 0. The van der Waals surface area contributed by atoms with Crippen molar-refractivity contribution in [2.75, 3.05) is 13.1 Å². The predicted molar refractivity (Wildman–Crippen MR) is 237 cm³/mol. The minimum Gasteiger partial charge on any atom is -0.356 e. The van der Waals surface area contributed by atoms with E-state index in [0.717, 1.165) is 0 Å². The molecule has 0 N–H and O–H groups in total. The van der Waals surface area contributed by atoms with Gasteiger partial charge in [-0.3, -0.25) is 0 Å². The summed E-state index contributed by atoms with van der Waals surface area (Å²) in [5.41, 5.74) is 0. The van der Waals surface area contributed by atoms with Crippen molar-refractivity contribution in [3.63, 3.8) is 0 Å². The minimum absolute atomic E-state index is 0.636. The van der Waals surface area contributed by atoms with Gasteiger partial charge >= 0.3 is 0 Å². The molecule has 1 heterocycles. The molecule has 0 aromatic heterocycles. The van der Waals surface area contributed by atoms with Gasteiger partial charge in [0, 0.05) is 25.5 Å². The van der Waals surface area contributed by atoms with Crippen LogP contribution in [0.1, 0.15) is 290 Å². The Hall–Kier alpha value is -0.660. The summed E-state index contributed by atoms with van der Waals surface area (Å²) in [4.78, 5) is 5.48. The van der Waals surface area contributed by atoms with Gasteiger partial charge in [0.15, 0.2) is 0 Å². The van der Waals surface area contributed by atoms with Crippen molar-refractivity contribution in [3.8, 4) is 0 Å². The van der Waals surface area contributed by atoms with Crippen molar-refractivity contribution in [1.29, 1.82) is 0 Å². The molecule has 0 aromatic rings. The van der Waals surface area contributed by atoms with Gasteiger partial charge in [0.2, 0.25) is 0 Å². The Kier molecular flexibility index (Phi) is 39.4. The Balaban J connectivity index is 2.17. The summed E-state index contributed by atoms with van der Waals surface area (Å²) in [7, 11) is 0. The topological polar surface area (TPSA) is 6.48 Å². The summed E-state index contributed by atoms with van der Waals surface area (Å²) in [6, 6.07) is 0. The largest absolute Gasteiger partial charge is 0.356 e. The van der Waals surface area contributed by atoms with Crippen LogP contribution in [0.15, 0.2) is 12.4 Å². The smallest absolute Gasteiger partial charge is 0.101 e. The highest BCUT2D eigenvalue weighted by Gasteiger charge is 2.24. The van der Waals surface area contributed by atoms with Crippen molar-refractivity contribution in [3.05, 3.63) is 12.4 Å². The third kappa shape index (κ3) is 32.7. The van der Waals surface area contributed by atoms with Gasteiger partial charge in [-0.05, 0) is 25.7 Å². The van der Waals surface area contributed by atoms with Crippen molar-refractivity contribution < 1.29 is 0 Å². The van der Waals surface area contributed by atoms with Crippen LogP contribution < -0.4 is 0 Å².